The van der Waals surface area contributed by atoms with Crippen LogP contribution >= 0.6 is 0 Å². The zero-order valence-electron chi connectivity index (χ0n) is 13.6. The Morgan fingerprint density at radius 3 is 1.65 bits per heavy atom. The highest BCUT2D eigenvalue weighted by molar-refractivity contribution is 6.08. The van der Waals surface area contributed by atoms with Crippen molar-refractivity contribution < 1.29 is 24.2 Å². The summed E-state index contributed by atoms with van der Waals surface area (Å²) in [4.78, 5) is 19.5. The van der Waals surface area contributed by atoms with Crippen molar-refractivity contribution in [2.24, 2.45) is 0 Å². The fourth-order valence-electron chi connectivity index (χ4n) is 1.15. The number of hydrogen-bond donors (Lipinski definition) is 1. The van der Waals surface area contributed by atoms with E-state index in [-0.39, 0.29) is 18.5 Å². The molecule has 0 amide bonds. The topological polar surface area (TPSA) is 72.8 Å². The summed E-state index contributed by atoms with van der Waals surface area (Å²) in [6, 6.07) is 0. The van der Waals surface area contributed by atoms with Gasteiger partial charge in [0.15, 0.2) is 0 Å². The van der Waals surface area contributed by atoms with Gasteiger partial charge in [0.05, 0.1) is 12.2 Å². The molecule has 118 valence electrons. The van der Waals surface area contributed by atoms with E-state index in [2.05, 4.69) is 27.7 Å². The molecule has 0 spiro atoms. The number of hydrogen-bond acceptors (Lipinski definition) is 4. The van der Waals surface area contributed by atoms with Crippen LogP contribution < -0.4 is 0 Å². The van der Waals surface area contributed by atoms with Crippen LogP contribution in [-0.4, -0.2) is 51.6 Å². The SMILES string of the molecule is CC(=O)CC(=O)O.CCC(C)OC([CH2][AlH2])OC(C)CC. The molecule has 0 aromatic carbocycles. The third kappa shape index (κ3) is 15.6. The predicted octanol–water partition coefficient (Wildman–Crippen LogP) is 2.04. The standard InChI is InChI=1S/C10H21O2.C4H6O3.Al.2H/c1-6-8(3)11-10(5)12-9(4)7-2;1-3(5)2-4(6)7;;;/h8-10H,5-7H2,1-4H3;2H2,1H3,(H,6,7);;;. The third-order valence-corrected chi connectivity index (χ3v) is 3.32. The highest BCUT2D eigenvalue weighted by Crippen LogP contribution is 2.10. The van der Waals surface area contributed by atoms with E-state index in [1.54, 1.807) is 0 Å². The number of ketones is 1. The van der Waals surface area contributed by atoms with Gasteiger partial charge in [-0.15, -0.1) is 0 Å². The van der Waals surface area contributed by atoms with Crippen molar-refractivity contribution in [1.29, 1.82) is 0 Å². The third-order valence-electron chi connectivity index (χ3n) is 2.65. The highest BCUT2D eigenvalue weighted by atomic mass is 27.0. The molecule has 5 nitrogen and oxygen atoms in total. The van der Waals surface area contributed by atoms with Crippen LogP contribution in [-0.2, 0) is 19.1 Å². The maximum absolute atomic E-state index is 9.87. The van der Waals surface area contributed by atoms with E-state index in [9.17, 15) is 9.59 Å². The van der Waals surface area contributed by atoms with Crippen LogP contribution in [0.25, 0.3) is 0 Å². The number of rotatable bonds is 9. The summed E-state index contributed by atoms with van der Waals surface area (Å²) in [6.07, 6.45) is 2.44. The molecule has 0 saturated carbocycles. The minimum Gasteiger partial charge on any atom is -0.481 e. The van der Waals surface area contributed by atoms with E-state index in [1.807, 2.05) is 0 Å². The van der Waals surface area contributed by atoms with Gasteiger partial charge < -0.3 is 14.6 Å². The number of carboxylic acids is 1. The molecular formula is C14H29AlO5. The Labute approximate surface area is 130 Å². The van der Waals surface area contributed by atoms with Gasteiger partial charge in [-0.3, -0.25) is 9.59 Å². The molecule has 0 aliphatic carbocycles. The van der Waals surface area contributed by atoms with Crippen LogP contribution in [0.5, 0.6) is 0 Å². The minimum atomic E-state index is -1.06. The van der Waals surface area contributed by atoms with E-state index in [1.165, 1.54) is 6.92 Å². The van der Waals surface area contributed by atoms with Gasteiger partial charge in [0.2, 0.25) is 16.3 Å². The molecule has 0 fully saturated rings. The fourth-order valence-corrected chi connectivity index (χ4v) is 1.53. The van der Waals surface area contributed by atoms with Crippen LogP contribution in [0.3, 0.4) is 0 Å². The van der Waals surface area contributed by atoms with Gasteiger partial charge >= 0.3 is 5.97 Å². The van der Waals surface area contributed by atoms with E-state index in [0.717, 1.165) is 34.4 Å². The number of aliphatic carboxylic acids is 1. The quantitative estimate of drug-likeness (QED) is 0.401. The van der Waals surface area contributed by atoms with Gasteiger partial charge in [0.1, 0.15) is 18.5 Å². The average molecular weight is 304 g/mol. The van der Waals surface area contributed by atoms with Crippen molar-refractivity contribution >= 4 is 28.0 Å². The zero-order valence-corrected chi connectivity index (χ0v) is 15.6. The smallest absolute Gasteiger partial charge is 0.310 e. The maximum Gasteiger partial charge on any atom is 0.310 e. The van der Waals surface area contributed by atoms with Crippen molar-refractivity contribution in [3.63, 3.8) is 0 Å². The number of ether oxygens (including phenoxy) is 2. The summed E-state index contributed by atoms with van der Waals surface area (Å²) in [7, 11) is 0. The number of Topliss-reactive ketones (excluding diaryl/α,β-unsaturated/α-hetero) is 1. The first-order valence-corrected chi connectivity index (χ1v) is 8.70. The first-order valence-electron chi connectivity index (χ1n) is 7.28. The van der Waals surface area contributed by atoms with E-state index in [0.29, 0.717) is 12.2 Å². The average Bonchev–Trinajstić information content (AvgIpc) is 2.36. The van der Waals surface area contributed by atoms with Gasteiger partial charge in [-0.1, -0.05) is 19.1 Å². The highest BCUT2D eigenvalue weighted by Gasteiger charge is 2.12. The molecule has 0 heterocycles. The lowest BCUT2D eigenvalue weighted by Gasteiger charge is -2.24. The van der Waals surface area contributed by atoms with Crippen LogP contribution in [0.15, 0.2) is 0 Å². The largest absolute Gasteiger partial charge is 0.481 e. The molecule has 2 unspecified atom stereocenters. The number of carbonyl (C=O) groups is 2. The summed E-state index contributed by atoms with van der Waals surface area (Å²) in [5, 5.41) is 8.93. The summed E-state index contributed by atoms with van der Waals surface area (Å²) < 4.78 is 11.5. The van der Waals surface area contributed by atoms with E-state index >= 15 is 0 Å². The molecule has 0 aliphatic heterocycles. The maximum atomic E-state index is 9.87. The normalized spacial score (nSPS) is 14.7. The monoisotopic (exact) mass is 304 g/mol. The molecule has 0 aliphatic rings. The molecule has 0 aromatic rings. The lowest BCUT2D eigenvalue weighted by molar-refractivity contribution is -0.177. The van der Waals surface area contributed by atoms with Crippen molar-refractivity contribution in [2.45, 2.75) is 77.7 Å². The summed E-state index contributed by atoms with van der Waals surface area (Å²) in [6.45, 7) is 9.72. The van der Waals surface area contributed by atoms with Crippen molar-refractivity contribution in [2.75, 3.05) is 0 Å². The lowest BCUT2D eigenvalue weighted by Crippen LogP contribution is -2.25. The molecule has 1 N–H and O–H groups in total. The number of carboxylic acid groups (broad SMARTS) is 1. The lowest BCUT2D eigenvalue weighted by atomic mass is 10.3. The molecular weight excluding hydrogens is 275 g/mol. The first-order chi connectivity index (χ1) is 9.26. The molecule has 0 radical (unpaired) electrons. The Morgan fingerprint density at radius 2 is 1.50 bits per heavy atom. The summed E-state index contributed by atoms with van der Waals surface area (Å²) >= 11 is 1.14. The van der Waals surface area contributed by atoms with E-state index < -0.39 is 5.97 Å². The van der Waals surface area contributed by atoms with Crippen LogP contribution in [0.2, 0.25) is 5.28 Å². The van der Waals surface area contributed by atoms with Crippen LogP contribution in [0.1, 0.15) is 53.9 Å². The Kier molecular flexibility index (Phi) is 14.8. The Bertz CT molecular complexity index is 246. The van der Waals surface area contributed by atoms with Crippen molar-refractivity contribution in [1.82, 2.24) is 0 Å². The first kappa shape index (κ1) is 21.9. The second kappa shape index (κ2) is 13.6. The predicted molar refractivity (Wildman–Crippen MR) is 81.7 cm³/mol. The van der Waals surface area contributed by atoms with Crippen LogP contribution in [0, 0.1) is 0 Å². The molecule has 6 heteroatoms. The molecule has 0 saturated heterocycles. The van der Waals surface area contributed by atoms with Gasteiger partial charge in [-0.25, -0.2) is 0 Å². The zero-order chi connectivity index (χ0) is 16.1. The van der Waals surface area contributed by atoms with Gasteiger partial charge in [-0.05, 0) is 33.6 Å². The van der Waals surface area contributed by atoms with Gasteiger partial charge in [0, 0.05) is 0 Å². The number of carbonyl (C=O) groups excluding carboxylic acids is 1. The second-order valence-electron chi connectivity index (χ2n) is 4.82. The Morgan fingerprint density at radius 1 is 1.10 bits per heavy atom. The Balaban J connectivity index is 0. The molecule has 2 atom stereocenters. The fraction of sp³-hybridized carbons (Fsp3) is 0.857. The summed E-state index contributed by atoms with van der Waals surface area (Å²) in [5.41, 5.74) is 0. The Hall–Kier alpha value is -0.408. The molecule has 0 bridgehead atoms. The molecule has 20 heavy (non-hydrogen) atoms. The second-order valence-corrected chi connectivity index (χ2v) is 5.64. The van der Waals surface area contributed by atoms with Crippen LogP contribution in [0.4, 0.5) is 0 Å². The van der Waals surface area contributed by atoms with Gasteiger partial charge in [0.25, 0.3) is 0 Å². The van der Waals surface area contributed by atoms with Crippen molar-refractivity contribution in [3.8, 4) is 0 Å². The molecule has 0 aromatic heterocycles. The minimum absolute atomic E-state index is 0.0385. The van der Waals surface area contributed by atoms with E-state index in [4.69, 9.17) is 14.6 Å². The summed E-state index contributed by atoms with van der Waals surface area (Å²) in [5.74, 6) is -1.37. The van der Waals surface area contributed by atoms with Crippen molar-refractivity contribution in [3.05, 3.63) is 0 Å². The van der Waals surface area contributed by atoms with Gasteiger partial charge in [-0.2, -0.15) is 0 Å². The molecule has 0 rings (SSSR count).